The molecule has 1 saturated heterocycles. The Morgan fingerprint density at radius 2 is 1.88 bits per heavy atom. The molecule has 0 spiro atoms. The molecule has 1 heterocycles. The summed E-state index contributed by atoms with van der Waals surface area (Å²) >= 11 is 0. The third-order valence-electron chi connectivity index (χ3n) is 5.88. The summed E-state index contributed by atoms with van der Waals surface area (Å²) in [7, 11) is -1.83. The van der Waals surface area contributed by atoms with Gasteiger partial charge in [0.2, 0.25) is 10.0 Å². The second kappa shape index (κ2) is 6.68. The van der Waals surface area contributed by atoms with E-state index < -0.39 is 10.0 Å². The van der Waals surface area contributed by atoms with E-state index in [1.54, 1.807) is 23.5 Å². The maximum absolute atomic E-state index is 13.2. The van der Waals surface area contributed by atoms with Gasteiger partial charge in [0.25, 0.3) is 0 Å². The van der Waals surface area contributed by atoms with Gasteiger partial charge in [-0.3, -0.25) is 0 Å². The van der Waals surface area contributed by atoms with Gasteiger partial charge in [0.1, 0.15) is 0 Å². The molecule has 0 amide bonds. The van der Waals surface area contributed by atoms with Gasteiger partial charge in [-0.05, 0) is 54.2 Å². The molecule has 1 saturated carbocycles. The highest BCUT2D eigenvalue weighted by Gasteiger charge is 2.53. The first-order valence-corrected chi connectivity index (χ1v) is 10.8. The Morgan fingerprint density at radius 1 is 1.23 bits per heavy atom. The van der Waals surface area contributed by atoms with Crippen molar-refractivity contribution in [3.8, 4) is 0 Å². The Labute approximate surface area is 158 Å². The van der Waals surface area contributed by atoms with Crippen LogP contribution in [0.15, 0.2) is 41.5 Å². The van der Waals surface area contributed by atoms with Crippen LogP contribution in [0.2, 0.25) is 0 Å². The van der Waals surface area contributed by atoms with E-state index in [1.165, 1.54) is 0 Å². The minimum absolute atomic E-state index is 0.0972. The summed E-state index contributed by atoms with van der Waals surface area (Å²) in [6.07, 6.45) is 4.55. The number of fused-ring (bicyclic) bond motifs is 2. The Kier molecular flexibility index (Phi) is 4.99. The SMILES string of the molecule is C=C(CCc1ccc(S(=O)(=O)N2CC3(C)CC2CC(C)(C)C3)cc1)OC. The molecular weight excluding hydrogens is 346 g/mol. The van der Waals surface area contributed by atoms with Gasteiger partial charge in [-0.1, -0.05) is 39.5 Å². The van der Waals surface area contributed by atoms with E-state index in [2.05, 4.69) is 27.4 Å². The lowest BCUT2D eigenvalue weighted by Gasteiger charge is -2.39. The van der Waals surface area contributed by atoms with Gasteiger partial charge in [0.05, 0.1) is 17.8 Å². The molecule has 1 aliphatic carbocycles. The van der Waals surface area contributed by atoms with Crippen LogP contribution in [0, 0.1) is 10.8 Å². The third kappa shape index (κ3) is 3.84. The van der Waals surface area contributed by atoms with Crippen LogP contribution in [0.3, 0.4) is 0 Å². The van der Waals surface area contributed by atoms with Gasteiger partial charge in [-0.15, -0.1) is 0 Å². The molecule has 2 fully saturated rings. The molecule has 4 nitrogen and oxygen atoms in total. The summed E-state index contributed by atoms with van der Waals surface area (Å²) in [6, 6.07) is 7.43. The van der Waals surface area contributed by atoms with Crippen LogP contribution in [0.5, 0.6) is 0 Å². The summed E-state index contributed by atoms with van der Waals surface area (Å²) in [6.45, 7) is 11.2. The molecule has 2 aliphatic rings. The van der Waals surface area contributed by atoms with E-state index in [4.69, 9.17) is 4.74 Å². The maximum atomic E-state index is 13.2. The number of methoxy groups -OCH3 is 1. The summed E-state index contributed by atoms with van der Waals surface area (Å²) < 4.78 is 33.3. The Morgan fingerprint density at radius 3 is 2.50 bits per heavy atom. The van der Waals surface area contributed by atoms with Crippen LogP contribution < -0.4 is 0 Å². The molecule has 2 atom stereocenters. The van der Waals surface area contributed by atoms with Crippen molar-refractivity contribution in [3.05, 3.63) is 42.2 Å². The van der Waals surface area contributed by atoms with Crippen LogP contribution in [-0.4, -0.2) is 32.4 Å². The topological polar surface area (TPSA) is 46.6 Å². The predicted octanol–water partition coefficient (Wildman–Crippen LogP) is 4.37. The van der Waals surface area contributed by atoms with Gasteiger partial charge in [0, 0.05) is 19.0 Å². The Balaban J connectivity index is 1.77. The number of ether oxygens (including phenoxy) is 1. The monoisotopic (exact) mass is 377 g/mol. The largest absolute Gasteiger partial charge is 0.502 e. The Bertz CT molecular complexity index is 782. The molecule has 0 N–H and O–H groups in total. The van der Waals surface area contributed by atoms with Crippen molar-refractivity contribution in [2.75, 3.05) is 13.7 Å². The molecule has 3 rings (SSSR count). The smallest absolute Gasteiger partial charge is 0.243 e. The molecule has 144 valence electrons. The van der Waals surface area contributed by atoms with E-state index in [9.17, 15) is 8.42 Å². The standard InChI is InChI=1S/C21H31NO3S/c1-16(25-5)6-7-17-8-10-19(11-9-17)26(23,24)22-15-21(4)13-18(22)12-20(2,3)14-21/h8-11,18H,1,6-7,12-15H2,2-5H3. The van der Waals surface area contributed by atoms with Gasteiger partial charge in [0.15, 0.2) is 0 Å². The van der Waals surface area contributed by atoms with E-state index in [0.717, 1.165) is 43.4 Å². The molecule has 5 heteroatoms. The van der Waals surface area contributed by atoms with Crippen molar-refractivity contribution in [3.63, 3.8) is 0 Å². The normalized spacial score (nSPS) is 28.1. The van der Waals surface area contributed by atoms with E-state index in [-0.39, 0.29) is 16.9 Å². The van der Waals surface area contributed by atoms with E-state index >= 15 is 0 Å². The fraction of sp³-hybridized carbons (Fsp3) is 0.619. The number of aryl methyl sites for hydroxylation is 1. The van der Waals surface area contributed by atoms with Crippen molar-refractivity contribution in [1.82, 2.24) is 4.31 Å². The zero-order valence-electron chi connectivity index (χ0n) is 16.4. The van der Waals surface area contributed by atoms with Gasteiger partial charge >= 0.3 is 0 Å². The second-order valence-electron chi connectivity index (χ2n) is 9.15. The van der Waals surface area contributed by atoms with Crippen LogP contribution in [0.4, 0.5) is 0 Å². The zero-order chi connectivity index (χ0) is 19.2. The molecule has 2 unspecified atom stereocenters. The van der Waals surface area contributed by atoms with Gasteiger partial charge in [-0.25, -0.2) is 8.42 Å². The number of sulfonamides is 1. The van der Waals surface area contributed by atoms with Crippen molar-refractivity contribution < 1.29 is 13.2 Å². The fourth-order valence-corrected chi connectivity index (χ4v) is 6.81. The predicted molar refractivity (Wildman–Crippen MR) is 104 cm³/mol. The minimum Gasteiger partial charge on any atom is -0.502 e. The molecular formula is C21H31NO3S. The third-order valence-corrected chi connectivity index (χ3v) is 7.79. The number of benzene rings is 1. The molecule has 1 aliphatic heterocycles. The quantitative estimate of drug-likeness (QED) is 0.692. The highest BCUT2D eigenvalue weighted by atomic mass is 32.2. The number of hydrogen-bond acceptors (Lipinski definition) is 3. The first-order valence-electron chi connectivity index (χ1n) is 9.37. The maximum Gasteiger partial charge on any atom is 0.243 e. The van der Waals surface area contributed by atoms with Crippen LogP contribution in [0.25, 0.3) is 0 Å². The minimum atomic E-state index is -3.44. The van der Waals surface area contributed by atoms with Crippen molar-refractivity contribution in [2.24, 2.45) is 10.8 Å². The number of rotatable bonds is 6. The number of allylic oxidation sites excluding steroid dienone is 1. The summed E-state index contributed by atoms with van der Waals surface area (Å²) in [5.74, 6) is 0.738. The molecule has 1 aromatic rings. The van der Waals surface area contributed by atoms with Crippen molar-refractivity contribution in [1.29, 1.82) is 0 Å². The van der Waals surface area contributed by atoms with Crippen molar-refractivity contribution in [2.45, 2.75) is 63.8 Å². The molecule has 0 radical (unpaired) electrons. The van der Waals surface area contributed by atoms with Crippen molar-refractivity contribution >= 4 is 10.0 Å². The summed E-state index contributed by atoms with van der Waals surface area (Å²) in [4.78, 5) is 0.403. The highest BCUT2D eigenvalue weighted by molar-refractivity contribution is 7.89. The number of hydrogen-bond donors (Lipinski definition) is 0. The average Bonchev–Trinajstić information content (AvgIpc) is 2.82. The molecule has 1 aromatic carbocycles. The lowest BCUT2D eigenvalue weighted by Crippen LogP contribution is -2.37. The first-order chi connectivity index (χ1) is 12.0. The zero-order valence-corrected chi connectivity index (χ0v) is 17.2. The second-order valence-corrected chi connectivity index (χ2v) is 11.0. The lowest BCUT2D eigenvalue weighted by atomic mass is 9.65. The average molecular weight is 378 g/mol. The molecule has 2 bridgehead atoms. The van der Waals surface area contributed by atoms with Crippen LogP contribution >= 0.6 is 0 Å². The Hall–Kier alpha value is -1.33. The van der Waals surface area contributed by atoms with Crippen LogP contribution in [-0.2, 0) is 21.2 Å². The van der Waals surface area contributed by atoms with Gasteiger partial charge < -0.3 is 4.74 Å². The van der Waals surface area contributed by atoms with Crippen LogP contribution in [0.1, 0.15) is 52.0 Å². The first kappa shape index (κ1) is 19.4. The lowest BCUT2D eigenvalue weighted by molar-refractivity contribution is 0.133. The fourth-order valence-electron chi connectivity index (χ4n) is 5.04. The molecule has 26 heavy (non-hydrogen) atoms. The summed E-state index contributed by atoms with van der Waals surface area (Å²) in [5, 5.41) is 0. The molecule has 0 aromatic heterocycles. The van der Waals surface area contributed by atoms with Gasteiger partial charge in [-0.2, -0.15) is 4.31 Å². The number of nitrogens with zero attached hydrogens (tertiary/aromatic N) is 1. The van der Waals surface area contributed by atoms with E-state index in [0.29, 0.717) is 11.4 Å². The summed E-state index contributed by atoms with van der Waals surface area (Å²) in [5.41, 5.74) is 1.39. The highest BCUT2D eigenvalue weighted by Crippen LogP contribution is 2.53. The van der Waals surface area contributed by atoms with E-state index in [1.807, 2.05) is 12.1 Å².